The summed E-state index contributed by atoms with van der Waals surface area (Å²) in [4.78, 5) is 0. The van der Waals surface area contributed by atoms with Crippen LogP contribution in [0.3, 0.4) is 0 Å². The second kappa shape index (κ2) is 6.11. The molecule has 110 valence electrons. The molecule has 1 aliphatic rings. The lowest BCUT2D eigenvalue weighted by atomic mass is 9.82. The monoisotopic (exact) mass is 280 g/mol. The van der Waals surface area contributed by atoms with E-state index in [-0.39, 0.29) is 17.7 Å². The van der Waals surface area contributed by atoms with Gasteiger partial charge in [-0.2, -0.15) is 0 Å². The molecule has 5 heteroatoms. The van der Waals surface area contributed by atoms with Crippen LogP contribution in [0.2, 0.25) is 0 Å². The van der Waals surface area contributed by atoms with E-state index in [2.05, 4.69) is 19.0 Å². The fourth-order valence-electron chi connectivity index (χ4n) is 2.96. The van der Waals surface area contributed by atoms with Gasteiger partial charge < -0.3 is 15.7 Å². The molecule has 4 nitrogen and oxygen atoms in total. The molecule has 20 heavy (non-hydrogen) atoms. The highest BCUT2D eigenvalue weighted by Gasteiger charge is 2.26. The highest BCUT2D eigenvalue weighted by molar-refractivity contribution is 5.97. The Morgan fingerprint density at radius 3 is 2.50 bits per heavy atom. The number of benzene rings is 1. The molecule has 0 radical (unpaired) electrons. The molecule has 1 fully saturated rings. The summed E-state index contributed by atoms with van der Waals surface area (Å²) in [6, 6.07) is 4.34. The molecule has 1 aromatic rings. The Morgan fingerprint density at radius 1 is 1.30 bits per heavy atom. The number of rotatable bonds is 3. The minimum Gasteiger partial charge on any atom is -0.487 e. The summed E-state index contributed by atoms with van der Waals surface area (Å²) in [5.41, 5.74) is 5.76. The third-order valence-electron chi connectivity index (χ3n) is 3.76. The van der Waals surface area contributed by atoms with E-state index >= 15 is 0 Å². The number of nitrogens with two attached hydrogens (primary N) is 1. The average Bonchev–Trinajstić information content (AvgIpc) is 2.39. The molecule has 3 N–H and O–H groups in total. The van der Waals surface area contributed by atoms with Crippen molar-refractivity contribution in [2.24, 2.45) is 22.7 Å². The van der Waals surface area contributed by atoms with Gasteiger partial charge in [-0.3, -0.25) is 0 Å². The van der Waals surface area contributed by atoms with Crippen molar-refractivity contribution in [2.45, 2.75) is 39.2 Å². The molecule has 1 saturated carbocycles. The Morgan fingerprint density at radius 2 is 1.95 bits per heavy atom. The Bertz CT molecular complexity index is 495. The van der Waals surface area contributed by atoms with Gasteiger partial charge >= 0.3 is 0 Å². The largest absolute Gasteiger partial charge is 0.487 e. The summed E-state index contributed by atoms with van der Waals surface area (Å²) in [7, 11) is 0. The van der Waals surface area contributed by atoms with Gasteiger partial charge in [0.25, 0.3) is 0 Å². The van der Waals surface area contributed by atoms with Crippen molar-refractivity contribution in [2.75, 3.05) is 0 Å². The number of hydrogen-bond acceptors (Lipinski definition) is 3. The fraction of sp³-hybridized carbons (Fsp3) is 0.533. The van der Waals surface area contributed by atoms with E-state index in [1.807, 2.05) is 0 Å². The quantitative estimate of drug-likeness (QED) is 0.387. The summed E-state index contributed by atoms with van der Waals surface area (Å²) in [5.74, 6) is 0.827. The van der Waals surface area contributed by atoms with Gasteiger partial charge in [0.1, 0.15) is 0 Å². The van der Waals surface area contributed by atoms with Crippen molar-refractivity contribution in [3.05, 3.63) is 29.6 Å². The first-order valence-corrected chi connectivity index (χ1v) is 6.93. The number of halogens is 1. The standard InChI is InChI=1S/C15H21FN2O2/c1-9-5-10(2)7-12(6-9)20-14-4-3-11(8-13(14)16)15(17)18-19/h3-4,8-10,12,19H,5-7H2,1-2H3,(H2,17,18). The van der Waals surface area contributed by atoms with Crippen LogP contribution in [0, 0.1) is 17.7 Å². The predicted octanol–water partition coefficient (Wildman–Crippen LogP) is 3.12. The molecule has 0 aliphatic heterocycles. The molecule has 1 aliphatic carbocycles. The van der Waals surface area contributed by atoms with Crippen LogP contribution in [0.4, 0.5) is 4.39 Å². The van der Waals surface area contributed by atoms with Gasteiger partial charge in [-0.15, -0.1) is 0 Å². The van der Waals surface area contributed by atoms with Gasteiger partial charge in [0.05, 0.1) is 6.10 Å². The predicted molar refractivity (Wildman–Crippen MR) is 75.5 cm³/mol. The Hall–Kier alpha value is -1.78. The maximum atomic E-state index is 14.0. The van der Waals surface area contributed by atoms with Gasteiger partial charge in [-0.1, -0.05) is 19.0 Å². The summed E-state index contributed by atoms with van der Waals surface area (Å²) in [6.07, 6.45) is 3.15. The van der Waals surface area contributed by atoms with E-state index in [1.165, 1.54) is 18.6 Å². The first-order chi connectivity index (χ1) is 9.49. The van der Waals surface area contributed by atoms with E-state index in [0.717, 1.165) is 12.8 Å². The Balaban J connectivity index is 2.10. The van der Waals surface area contributed by atoms with E-state index in [0.29, 0.717) is 17.4 Å². The van der Waals surface area contributed by atoms with Crippen LogP contribution in [0.25, 0.3) is 0 Å². The van der Waals surface area contributed by atoms with E-state index in [9.17, 15) is 4.39 Å². The van der Waals surface area contributed by atoms with Gasteiger partial charge in [0, 0.05) is 5.56 Å². The summed E-state index contributed by atoms with van der Waals surface area (Å²) < 4.78 is 19.8. The number of ether oxygens (including phenoxy) is 1. The number of hydrogen-bond donors (Lipinski definition) is 2. The second-order valence-corrected chi connectivity index (χ2v) is 5.79. The maximum absolute atomic E-state index is 14.0. The Kier molecular flexibility index (Phi) is 4.47. The zero-order valence-electron chi connectivity index (χ0n) is 11.8. The van der Waals surface area contributed by atoms with Crippen LogP contribution in [0.1, 0.15) is 38.7 Å². The molecule has 0 amide bonds. The minimum atomic E-state index is -0.486. The van der Waals surface area contributed by atoms with Crippen LogP contribution in [0.15, 0.2) is 23.4 Å². The van der Waals surface area contributed by atoms with Gasteiger partial charge in [-0.25, -0.2) is 4.39 Å². The van der Waals surface area contributed by atoms with E-state index in [1.54, 1.807) is 6.07 Å². The molecular weight excluding hydrogens is 259 g/mol. The third kappa shape index (κ3) is 3.40. The fourth-order valence-corrected chi connectivity index (χ4v) is 2.96. The van der Waals surface area contributed by atoms with Crippen LogP contribution >= 0.6 is 0 Å². The zero-order valence-corrected chi connectivity index (χ0v) is 11.8. The number of oxime groups is 1. The molecule has 0 aromatic heterocycles. The number of nitrogens with zero attached hydrogens (tertiary/aromatic N) is 1. The number of amidine groups is 1. The zero-order chi connectivity index (χ0) is 14.7. The van der Waals surface area contributed by atoms with Crippen LogP contribution in [0.5, 0.6) is 5.75 Å². The summed E-state index contributed by atoms with van der Waals surface area (Å²) in [5, 5.41) is 11.4. The smallest absolute Gasteiger partial charge is 0.170 e. The van der Waals surface area contributed by atoms with Gasteiger partial charge in [0.2, 0.25) is 0 Å². The molecule has 2 atom stereocenters. The van der Waals surface area contributed by atoms with Crippen molar-refractivity contribution in [1.29, 1.82) is 0 Å². The van der Waals surface area contributed by atoms with Crippen molar-refractivity contribution in [3.63, 3.8) is 0 Å². The van der Waals surface area contributed by atoms with Crippen molar-refractivity contribution >= 4 is 5.84 Å². The average molecular weight is 280 g/mol. The summed E-state index contributed by atoms with van der Waals surface area (Å²) in [6.45, 7) is 4.40. The molecule has 1 aromatic carbocycles. The van der Waals surface area contributed by atoms with E-state index in [4.69, 9.17) is 15.7 Å². The normalized spacial score (nSPS) is 27.4. The van der Waals surface area contributed by atoms with Crippen LogP contribution in [-0.4, -0.2) is 17.1 Å². The lowest BCUT2D eigenvalue weighted by Crippen LogP contribution is -2.28. The molecular formula is C15H21FN2O2. The minimum absolute atomic E-state index is 0.0537. The third-order valence-corrected chi connectivity index (χ3v) is 3.76. The van der Waals surface area contributed by atoms with Gasteiger partial charge in [-0.05, 0) is 49.3 Å². The molecule has 0 spiro atoms. The molecule has 0 saturated heterocycles. The first-order valence-electron chi connectivity index (χ1n) is 6.93. The van der Waals surface area contributed by atoms with Crippen LogP contribution < -0.4 is 10.5 Å². The second-order valence-electron chi connectivity index (χ2n) is 5.79. The maximum Gasteiger partial charge on any atom is 0.170 e. The molecule has 2 unspecified atom stereocenters. The lowest BCUT2D eigenvalue weighted by Gasteiger charge is -2.31. The van der Waals surface area contributed by atoms with E-state index < -0.39 is 5.82 Å². The molecule has 2 rings (SSSR count). The molecule has 0 bridgehead atoms. The van der Waals surface area contributed by atoms with Crippen molar-refractivity contribution in [3.8, 4) is 5.75 Å². The topological polar surface area (TPSA) is 67.8 Å². The van der Waals surface area contributed by atoms with Crippen molar-refractivity contribution in [1.82, 2.24) is 0 Å². The van der Waals surface area contributed by atoms with Crippen molar-refractivity contribution < 1.29 is 14.3 Å². The van der Waals surface area contributed by atoms with Crippen LogP contribution in [-0.2, 0) is 0 Å². The lowest BCUT2D eigenvalue weighted by molar-refractivity contribution is 0.0970. The Labute approximate surface area is 118 Å². The SMILES string of the molecule is CC1CC(C)CC(Oc2ccc(C(N)=NO)cc2F)C1. The summed E-state index contributed by atoms with van der Waals surface area (Å²) >= 11 is 0. The first kappa shape index (κ1) is 14.6. The molecule has 0 heterocycles. The highest BCUT2D eigenvalue weighted by Crippen LogP contribution is 2.32. The highest BCUT2D eigenvalue weighted by atomic mass is 19.1. The van der Waals surface area contributed by atoms with Gasteiger partial charge in [0.15, 0.2) is 17.4 Å².